The number of nitrogens with zero attached hydrogens (tertiary/aromatic N) is 1. The van der Waals surface area contributed by atoms with Crippen LogP contribution in [0, 0.1) is 12.8 Å². The van der Waals surface area contributed by atoms with Crippen molar-refractivity contribution in [2.75, 3.05) is 7.05 Å². The van der Waals surface area contributed by atoms with Crippen molar-refractivity contribution in [3.8, 4) is 11.3 Å². The van der Waals surface area contributed by atoms with Crippen LogP contribution in [0.25, 0.3) is 11.3 Å². The number of likely N-dealkylation sites (N-methyl/N-ethyl adjacent to an activating group) is 1. The van der Waals surface area contributed by atoms with Gasteiger partial charge in [-0.25, -0.2) is 0 Å². The van der Waals surface area contributed by atoms with Crippen molar-refractivity contribution < 1.29 is 18.8 Å². The lowest BCUT2D eigenvalue weighted by molar-refractivity contribution is -0.124. The molecular formula is C28H32N4O4. The predicted molar refractivity (Wildman–Crippen MR) is 136 cm³/mol. The van der Waals surface area contributed by atoms with Crippen molar-refractivity contribution in [1.82, 2.24) is 20.9 Å². The van der Waals surface area contributed by atoms with Crippen LogP contribution in [0.5, 0.6) is 0 Å². The zero-order chi connectivity index (χ0) is 25.5. The van der Waals surface area contributed by atoms with E-state index in [1.807, 2.05) is 31.2 Å². The lowest BCUT2D eigenvalue weighted by Crippen LogP contribution is -2.50. The summed E-state index contributed by atoms with van der Waals surface area (Å²) in [7, 11) is 1.59. The molecule has 1 aliphatic rings. The molecule has 0 spiro atoms. The Morgan fingerprint density at radius 1 is 1.00 bits per heavy atom. The number of furan rings is 1. The van der Waals surface area contributed by atoms with E-state index in [9.17, 15) is 14.4 Å². The van der Waals surface area contributed by atoms with E-state index < -0.39 is 11.9 Å². The Kier molecular flexibility index (Phi) is 8.15. The highest BCUT2D eigenvalue weighted by Crippen LogP contribution is 2.27. The number of pyridine rings is 1. The molecule has 1 aliphatic carbocycles. The summed E-state index contributed by atoms with van der Waals surface area (Å²) < 4.78 is 5.82. The van der Waals surface area contributed by atoms with Crippen LogP contribution >= 0.6 is 0 Å². The minimum atomic E-state index is -0.568. The Balaban J connectivity index is 1.37. The van der Waals surface area contributed by atoms with Crippen LogP contribution in [0.2, 0.25) is 0 Å². The quantitative estimate of drug-likeness (QED) is 0.444. The number of amides is 3. The van der Waals surface area contributed by atoms with Crippen molar-refractivity contribution in [1.29, 1.82) is 0 Å². The summed E-state index contributed by atoms with van der Waals surface area (Å²) in [5, 5.41) is 8.45. The van der Waals surface area contributed by atoms with Crippen molar-refractivity contribution in [2.45, 2.75) is 51.6 Å². The summed E-state index contributed by atoms with van der Waals surface area (Å²) in [5.41, 5.74) is 3.19. The van der Waals surface area contributed by atoms with Gasteiger partial charge in [0.05, 0.1) is 5.56 Å². The minimum Gasteiger partial charge on any atom is -0.451 e. The fourth-order valence-corrected chi connectivity index (χ4v) is 4.60. The maximum absolute atomic E-state index is 12.9. The zero-order valence-electron chi connectivity index (χ0n) is 20.7. The van der Waals surface area contributed by atoms with Crippen LogP contribution in [-0.4, -0.2) is 35.8 Å². The summed E-state index contributed by atoms with van der Waals surface area (Å²) in [4.78, 5) is 41.7. The van der Waals surface area contributed by atoms with E-state index in [-0.39, 0.29) is 23.5 Å². The molecule has 0 saturated heterocycles. The van der Waals surface area contributed by atoms with Gasteiger partial charge in [-0.05, 0) is 55.0 Å². The van der Waals surface area contributed by atoms with Gasteiger partial charge in [0.15, 0.2) is 5.76 Å². The first-order chi connectivity index (χ1) is 17.4. The summed E-state index contributed by atoms with van der Waals surface area (Å²) in [6.07, 6.45) is 8.41. The van der Waals surface area contributed by atoms with E-state index in [1.165, 1.54) is 6.42 Å². The van der Waals surface area contributed by atoms with E-state index in [2.05, 4.69) is 20.9 Å². The number of hydrogen-bond acceptors (Lipinski definition) is 5. The normalized spacial score (nSPS) is 14.6. The minimum absolute atomic E-state index is 0.132. The number of carbonyl (C=O) groups excluding carboxylic acids is 3. The standard InChI is InChI=1S/C28H32N4O4/c1-18-14-22(17-30-15-18)26(33)31-16-19-8-10-20(11-9-19)23-12-13-24(36-23)27(34)32-25(28(35)29-2)21-6-4-3-5-7-21/h8-15,17,21,25H,3-7,16H2,1-2H3,(H,29,35)(H,31,33)(H,32,34). The van der Waals surface area contributed by atoms with Gasteiger partial charge in [0, 0.05) is 31.5 Å². The van der Waals surface area contributed by atoms with Crippen LogP contribution in [0.1, 0.15) is 64.1 Å². The molecule has 1 aromatic carbocycles. The van der Waals surface area contributed by atoms with Crippen LogP contribution in [0.3, 0.4) is 0 Å². The van der Waals surface area contributed by atoms with Crippen molar-refractivity contribution in [3.05, 3.63) is 77.3 Å². The van der Waals surface area contributed by atoms with Crippen LogP contribution in [-0.2, 0) is 11.3 Å². The van der Waals surface area contributed by atoms with E-state index in [1.54, 1.807) is 37.6 Å². The Labute approximate surface area is 210 Å². The highest BCUT2D eigenvalue weighted by molar-refractivity contribution is 5.96. The molecule has 2 heterocycles. The highest BCUT2D eigenvalue weighted by atomic mass is 16.4. The smallest absolute Gasteiger partial charge is 0.287 e. The first-order valence-electron chi connectivity index (χ1n) is 12.4. The average molecular weight is 489 g/mol. The number of aryl methyl sites for hydroxylation is 1. The maximum atomic E-state index is 12.9. The van der Waals surface area contributed by atoms with E-state index in [0.29, 0.717) is 17.9 Å². The van der Waals surface area contributed by atoms with Crippen molar-refractivity contribution in [3.63, 3.8) is 0 Å². The average Bonchev–Trinajstić information content (AvgIpc) is 3.41. The van der Waals surface area contributed by atoms with Crippen LogP contribution in [0.4, 0.5) is 0 Å². The number of carbonyl (C=O) groups is 3. The van der Waals surface area contributed by atoms with E-state index in [0.717, 1.165) is 42.4 Å². The van der Waals surface area contributed by atoms with Gasteiger partial charge < -0.3 is 20.4 Å². The van der Waals surface area contributed by atoms with Crippen molar-refractivity contribution in [2.24, 2.45) is 5.92 Å². The molecule has 0 radical (unpaired) electrons. The highest BCUT2D eigenvalue weighted by Gasteiger charge is 2.31. The third-order valence-corrected chi connectivity index (χ3v) is 6.60. The van der Waals surface area contributed by atoms with Gasteiger partial charge in [0.2, 0.25) is 5.91 Å². The van der Waals surface area contributed by atoms with Gasteiger partial charge in [-0.2, -0.15) is 0 Å². The topological polar surface area (TPSA) is 113 Å². The second-order valence-corrected chi connectivity index (χ2v) is 9.26. The van der Waals surface area contributed by atoms with Gasteiger partial charge in [0.25, 0.3) is 11.8 Å². The molecule has 1 saturated carbocycles. The second kappa shape index (κ2) is 11.7. The second-order valence-electron chi connectivity index (χ2n) is 9.26. The summed E-state index contributed by atoms with van der Waals surface area (Å²) >= 11 is 0. The molecular weight excluding hydrogens is 456 g/mol. The van der Waals surface area contributed by atoms with Gasteiger partial charge in [-0.3, -0.25) is 19.4 Å². The maximum Gasteiger partial charge on any atom is 0.287 e. The third kappa shape index (κ3) is 6.19. The van der Waals surface area contributed by atoms with Gasteiger partial charge in [-0.15, -0.1) is 0 Å². The Hall–Kier alpha value is -3.94. The first kappa shape index (κ1) is 25.2. The van der Waals surface area contributed by atoms with Gasteiger partial charge >= 0.3 is 0 Å². The molecule has 0 bridgehead atoms. The SMILES string of the molecule is CNC(=O)C(NC(=O)c1ccc(-c2ccc(CNC(=O)c3cncc(C)c3)cc2)o1)C1CCCCC1. The fourth-order valence-electron chi connectivity index (χ4n) is 4.60. The van der Waals surface area contributed by atoms with Crippen molar-refractivity contribution >= 4 is 17.7 Å². The van der Waals surface area contributed by atoms with E-state index >= 15 is 0 Å². The number of nitrogens with one attached hydrogen (secondary N) is 3. The lowest BCUT2D eigenvalue weighted by Gasteiger charge is -2.29. The summed E-state index contributed by atoms with van der Waals surface area (Å²) in [5.74, 6) is 0.0925. The number of hydrogen-bond donors (Lipinski definition) is 3. The Bertz CT molecular complexity index is 1210. The fraction of sp³-hybridized carbons (Fsp3) is 0.357. The lowest BCUT2D eigenvalue weighted by atomic mass is 9.83. The molecule has 0 aliphatic heterocycles. The molecule has 4 rings (SSSR count). The van der Waals surface area contributed by atoms with Crippen LogP contribution in [0.15, 0.2) is 59.3 Å². The number of rotatable bonds is 8. The Morgan fingerprint density at radius 2 is 1.75 bits per heavy atom. The van der Waals surface area contributed by atoms with Crippen LogP contribution < -0.4 is 16.0 Å². The molecule has 2 aromatic heterocycles. The molecule has 3 amide bonds. The first-order valence-corrected chi connectivity index (χ1v) is 12.4. The third-order valence-electron chi connectivity index (χ3n) is 6.60. The Morgan fingerprint density at radius 3 is 2.44 bits per heavy atom. The summed E-state index contributed by atoms with van der Waals surface area (Å²) in [6.45, 7) is 2.27. The zero-order valence-corrected chi connectivity index (χ0v) is 20.7. The molecule has 3 aromatic rings. The largest absolute Gasteiger partial charge is 0.451 e. The van der Waals surface area contributed by atoms with E-state index in [4.69, 9.17) is 4.42 Å². The summed E-state index contributed by atoms with van der Waals surface area (Å²) in [6, 6.07) is 12.1. The molecule has 1 atom stereocenters. The molecule has 3 N–H and O–H groups in total. The molecule has 36 heavy (non-hydrogen) atoms. The molecule has 188 valence electrons. The predicted octanol–water partition coefficient (Wildman–Crippen LogP) is 4.00. The molecule has 1 unspecified atom stereocenters. The molecule has 1 fully saturated rings. The molecule has 8 nitrogen and oxygen atoms in total. The number of aromatic nitrogens is 1. The van der Waals surface area contributed by atoms with Gasteiger partial charge in [-0.1, -0.05) is 43.5 Å². The van der Waals surface area contributed by atoms with Gasteiger partial charge in [0.1, 0.15) is 11.8 Å². The monoisotopic (exact) mass is 488 g/mol. The molecule has 8 heteroatoms. The number of benzene rings is 1.